The van der Waals surface area contributed by atoms with Gasteiger partial charge in [-0.25, -0.2) is 13.1 Å². The Morgan fingerprint density at radius 2 is 2.13 bits per heavy atom. The zero-order chi connectivity index (χ0) is 16.4. The minimum absolute atomic E-state index is 0.151. The molecule has 23 heavy (non-hydrogen) atoms. The monoisotopic (exact) mass is 335 g/mol. The van der Waals surface area contributed by atoms with E-state index in [-0.39, 0.29) is 11.8 Å². The highest BCUT2D eigenvalue weighted by atomic mass is 32.2. The Hall–Kier alpha value is -1.73. The van der Waals surface area contributed by atoms with Crippen molar-refractivity contribution in [1.29, 1.82) is 0 Å². The van der Waals surface area contributed by atoms with Gasteiger partial charge in [0.15, 0.2) is 0 Å². The van der Waals surface area contributed by atoms with Gasteiger partial charge >= 0.3 is 0 Å². The number of fused-ring (bicyclic) bond motifs is 1. The Morgan fingerprint density at radius 3 is 2.91 bits per heavy atom. The van der Waals surface area contributed by atoms with Crippen molar-refractivity contribution in [2.24, 2.45) is 0 Å². The molecule has 0 amide bonds. The van der Waals surface area contributed by atoms with Crippen LogP contribution in [0.1, 0.15) is 54.1 Å². The first kappa shape index (κ1) is 16.1. The molecule has 1 N–H and O–H groups in total. The molecule has 3 rings (SSSR count). The minimum atomic E-state index is -3.51. The lowest BCUT2D eigenvalue weighted by atomic mass is 9.97. The lowest BCUT2D eigenvalue weighted by molar-refractivity contribution is 0.369. The summed E-state index contributed by atoms with van der Waals surface area (Å²) >= 11 is 0. The third kappa shape index (κ3) is 3.61. The van der Waals surface area contributed by atoms with Gasteiger partial charge in [0, 0.05) is 18.2 Å². The predicted molar refractivity (Wildman–Crippen MR) is 86.3 cm³/mol. The van der Waals surface area contributed by atoms with Crippen molar-refractivity contribution in [3.05, 3.63) is 46.6 Å². The summed E-state index contributed by atoms with van der Waals surface area (Å²) in [5.41, 5.74) is 3.21. The third-order valence-electron chi connectivity index (χ3n) is 4.17. The van der Waals surface area contributed by atoms with Crippen LogP contribution in [0.2, 0.25) is 0 Å². The SMILES string of the molecule is Cc1cccnc1C(C)NS(=O)(=O)Cc1noc2c1CCCC2. The first-order valence-corrected chi connectivity index (χ1v) is 9.49. The number of hydrogen-bond acceptors (Lipinski definition) is 5. The standard InChI is InChI=1S/C16H21N3O3S/c1-11-6-5-9-17-16(11)12(2)19-23(20,21)10-14-13-7-3-4-8-15(13)22-18-14/h5-6,9,12,19H,3-4,7-8,10H2,1-2H3. The number of pyridine rings is 1. The second-order valence-corrected chi connectivity index (χ2v) is 7.80. The molecule has 1 atom stereocenters. The topological polar surface area (TPSA) is 85.1 Å². The summed E-state index contributed by atoms with van der Waals surface area (Å²) in [7, 11) is -3.51. The Kier molecular flexibility index (Phi) is 4.50. The van der Waals surface area contributed by atoms with E-state index in [4.69, 9.17) is 4.52 Å². The average molecular weight is 335 g/mol. The molecule has 0 saturated heterocycles. The van der Waals surface area contributed by atoms with Crippen LogP contribution in [0.25, 0.3) is 0 Å². The van der Waals surface area contributed by atoms with Crippen molar-refractivity contribution in [3.8, 4) is 0 Å². The minimum Gasteiger partial charge on any atom is -0.361 e. The maximum absolute atomic E-state index is 12.5. The molecule has 0 fully saturated rings. The Balaban J connectivity index is 1.75. The van der Waals surface area contributed by atoms with Gasteiger partial charge in [-0.15, -0.1) is 0 Å². The summed E-state index contributed by atoms with van der Waals surface area (Å²) in [4.78, 5) is 4.27. The summed E-state index contributed by atoms with van der Waals surface area (Å²) in [6.07, 6.45) is 5.49. The lowest BCUT2D eigenvalue weighted by Crippen LogP contribution is -2.29. The number of hydrogen-bond donors (Lipinski definition) is 1. The molecule has 6 nitrogen and oxygen atoms in total. The van der Waals surface area contributed by atoms with Crippen molar-refractivity contribution >= 4 is 10.0 Å². The molecule has 2 aromatic rings. The van der Waals surface area contributed by atoms with Gasteiger partial charge in [-0.2, -0.15) is 0 Å². The molecule has 0 bridgehead atoms. The highest BCUT2D eigenvalue weighted by Crippen LogP contribution is 2.25. The summed E-state index contributed by atoms with van der Waals surface area (Å²) in [6, 6.07) is 3.37. The molecule has 1 aliphatic rings. The van der Waals surface area contributed by atoms with Crippen LogP contribution in [-0.2, 0) is 28.6 Å². The van der Waals surface area contributed by atoms with E-state index in [2.05, 4.69) is 14.9 Å². The van der Waals surface area contributed by atoms with E-state index in [1.807, 2.05) is 19.1 Å². The number of sulfonamides is 1. The van der Waals surface area contributed by atoms with Gasteiger partial charge in [0.1, 0.15) is 17.2 Å². The molecule has 1 unspecified atom stereocenters. The van der Waals surface area contributed by atoms with E-state index in [0.29, 0.717) is 5.69 Å². The van der Waals surface area contributed by atoms with Crippen LogP contribution in [0.3, 0.4) is 0 Å². The Morgan fingerprint density at radius 1 is 1.35 bits per heavy atom. The second kappa shape index (κ2) is 6.41. The fourth-order valence-electron chi connectivity index (χ4n) is 3.06. The van der Waals surface area contributed by atoms with Crippen molar-refractivity contribution < 1.29 is 12.9 Å². The molecule has 0 spiro atoms. The zero-order valence-electron chi connectivity index (χ0n) is 13.4. The first-order valence-electron chi connectivity index (χ1n) is 7.84. The summed E-state index contributed by atoms with van der Waals surface area (Å²) in [5, 5.41) is 3.97. The molecule has 0 aromatic carbocycles. The number of nitrogens with one attached hydrogen (secondary N) is 1. The fraction of sp³-hybridized carbons (Fsp3) is 0.500. The predicted octanol–water partition coefficient (Wildman–Crippen LogP) is 2.44. The van der Waals surface area contributed by atoms with Crippen LogP contribution in [0.4, 0.5) is 0 Å². The van der Waals surface area contributed by atoms with E-state index in [0.717, 1.165) is 48.3 Å². The third-order valence-corrected chi connectivity index (χ3v) is 5.54. The van der Waals surface area contributed by atoms with Gasteiger partial charge in [0.25, 0.3) is 0 Å². The Labute approximate surface area is 136 Å². The van der Waals surface area contributed by atoms with Crippen LogP contribution in [0, 0.1) is 6.92 Å². The van der Waals surface area contributed by atoms with Crippen LogP contribution in [0.15, 0.2) is 22.9 Å². The van der Waals surface area contributed by atoms with Gasteiger partial charge in [0.05, 0.1) is 11.7 Å². The maximum Gasteiger partial charge on any atom is 0.218 e. The van der Waals surface area contributed by atoms with Crippen LogP contribution in [0.5, 0.6) is 0 Å². The van der Waals surface area contributed by atoms with Crippen molar-refractivity contribution in [2.45, 2.75) is 51.3 Å². The van der Waals surface area contributed by atoms with Crippen LogP contribution < -0.4 is 4.72 Å². The first-order chi connectivity index (χ1) is 11.0. The van der Waals surface area contributed by atoms with Gasteiger partial charge in [-0.3, -0.25) is 4.98 Å². The molecule has 1 aliphatic carbocycles. The Bertz CT molecular complexity index is 799. The van der Waals surface area contributed by atoms with E-state index < -0.39 is 10.0 Å². The lowest BCUT2D eigenvalue weighted by Gasteiger charge is -2.15. The number of nitrogens with zero attached hydrogens (tertiary/aromatic N) is 2. The summed E-state index contributed by atoms with van der Waals surface area (Å²) < 4.78 is 32.9. The van der Waals surface area contributed by atoms with E-state index in [1.54, 1.807) is 13.1 Å². The normalized spacial score (nSPS) is 16.1. The molecule has 0 radical (unpaired) electrons. The van der Waals surface area contributed by atoms with E-state index in [9.17, 15) is 8.42 Å². The molecule has 124 valence electrons. The molecule has 7 heteroatoms. The zero-order valence-corrected chi connectivity index (χ0v) is 14.2. The van der Waals surface area contributed by atoms with Crippen LogP contribution >= 0.6 is 0 Å². The highest BCUT2D eigenvalue weighted by Gasteiger charge is 2.25. The van der Waals surface area contributed by atoms with E-state index >= 15 is 0 Å². The van der Waals surface area contributed by atoms with Gasteiger partial charge in [-0.1, -0.05) is 11.2 Å². The number of aryl methyl sites for hydroxylation is 2. The fourth-order valence-corrected chi connectivity index (χ4v) is 4.38. The summed E-state index contributed by atoms with van der Waals surface area (Å²) in [5.74, 6) is 0.692. The number of aromatic nitrogens is 2. The molecular formula is C16H21N3O3S. The molecular weight excluding hydrogens is 314 g/mol. The second-order valence-electron chi connectivity index (χ2n) is 6.04. The molecule has 0 saturated carbocycles. The quantitative estimate of drug-likeness (QED) is 0.907. The van der Waals surface area contributed by atoms with Crippen molar-refractivity contribution in [2.75, 3.05) is 0 Å². The molecule has 2 aromatic heterocycles. The van der Waals surface area contributed by atoms with Gasteiger partial charge in [-0.05, 0) is 44.7 Å². The van der Waals surface area contributed by atoms with Crippen molar-refractivity contribution in [3.63, 3.8) is 0 Å². The maximum atomic E-state index is 12.5. The molecule has 0 aliphatic heterocycles. The van der Waals surface area contributed by atoms with Crippen LogP contribution in [-0.4, -0.2) is 18.6 Å². The smallest absolute Gasteiger partial charge is 0.218 e. The van der Waals surface area contributed by atoms with Gasteiger partial charge < -0.3 is 4.52 Å². The van der Waals surface area contributed by atoms with Crippen molar-refractivity contribution in [1.82, 2.24) is 14.9 Å². The largest absolute Gasteiger partial charge is 0.361 e. The average Bonchev–Trinajstić information content (AvgIpc) is 2.90. The van der Waals surface area contributed by atoms with Gasteiger partial charge in [0.2, 0.25) is 10.0 Å². The summed E-state index contributed by atoms with van der Waals surface area (Å²) in [6.45, 7) is 3.71. The highest BCUT2D eigenvalue weighted by molar-refractivity contribution is 7.88. The molecule has 2 heterocycles. The number of rotatable bonds is 5. The van der Waals surface area contributed by atoms with E-state index in [1.165, 1.54) is 0 Å².